The van der Waals surface area contributed by atoms with Crippen molar-refractivity contribution in [1.82, 2.24) is 20.4 Å². The zero-order chi connectivity index (χ0) is 13.0. The lowest BCUT2D eigenvalue weighted by molar-refractivity contribution is 0.627. The van der Waals surface area contributed by atoms with E-state index in [2.05, 4.69) is 46.3 Å². The first-order valence-corrected chi connectivity index (χ1v) is 9.28. The summed E-state index contributed by atoms with van der Waals surface area (Å²) in [5.41, 5.74) is 0.865. The first-order valence-electron chi connectivity index (χ1n) is 4.70. The molecule has 1 aromatic heterocycles. The van der Waals surface area contributed by atoms with E-state index in [4.69, 9.17) is 0 Å². The smallest absolute Gasteiger partial charge is 0.229 e. The number of hydrogen-bond acceptors (Lipinski definition) is 7. The Bertz CT molecular complexity index is 539. The summed E-state index contributed by atoms with van der Waals surface area (Å²) in [6, 6.07) is 4.71. The number of rotatable bonds is 4. The maximum absolute atomic E-state index is 13.8. The molecule has 0 aliphatic rings. The van der Waals surface area contributed by atoms with Crippen LogP contribution in [0.4, 0.5) is 10.1 Å². The lowest BCUT2D eigenvalue weighted by Gasteiger charge is -2.08. The van der Waals surface area contributed by atoms with Gasteiger partial charge in [-0.3, -0.25) is 0 Å². The summed E-state index contributed by atoms with van der Waals surface area (Å²) >= 11 is 3.39. The second kappa shape index (κ2) is 6.48. The summed E-state index contributed by atoms with van der Waals surface area (Å²) in [7, 11) is 1.33. The summed E-state index contributed by atoms with van der Waals surface area (Å²) in [5, 5.41) is 15.9. The van der Waals surface area contributed by atoms with Crippen LogP contribution in [0.1, 0.15) is 0 Å². The van der Waals surface area contributed by atoms with E-state index in [1.807, 2.05) is 6.26 Å². The summed E-state index contributed by atoms with van der Waals surface area (Å²) in [5.74, 6) is -0.246. The molecule has 1 heterocycles. The predicted octanol–water partition coefficient (Wildman–Crippen LogP) is 3.20. The highest BCUT2D eigenvalue weighted by molar-refractivity contribution is 14.2. The number of nitrogens with one attached hydrogen (secondary N) is 1. The van der Waals surface area contributed by atoms with Crippen molar-refractivity contribution < 1.29 is 4.39 Å². The van der Waals surface area contributed by atoms with E-state index < -0.39 is 5.82 Å². The Morgan fingerprint density at radius 1 is 1.22 bits per heavy atom. The highest BCUT2D eigenvalue weighted by Gasteiger charge is 2.14. The summed E-state index contributed by atoms with van der Waals surface area (Å²) in [6.45, 7) is 0. The van der Waals surface area contributed by atoms with Gasteiger partial charge in [0.15, 0.2) is 0 Å². The summed E-state index contributed by atoms with van der Waals surface area (Å²) < 4.78 is 16.8. The Kier molecular flexibility index (Phi) is 4.95. The quantitative estimate of drug-likeness (QED) is 0.485. The number of benzene rings is 1. The molecule has 1 aromatic carbocycles. The lowest BCUT2D eigenvalue weighted by atomic mass is 10.1. The molecule has 1 N–H and O–H groups in total. The molecule has 0 saturated carbocycles. The monoisotopic (exact) mass is 395 g/mol. The molecule has 0 radical (unpaired) electrons. The summed E-state index contributed by atoms with van der Waals surface area (Å²) in [6.07, 6.45) is 1.82. The average molecular weight is 395 g/mol. The molecule has 0 aliphatic carbocycles. The van der Waals surface area contributed by atoms with Gasteiger partial charge in [0.25, 0.3) is 0 Å². The number of halogens is 2. The van der Waals surface area contributed by atoms with E-state index in [1.165, 1.54) is 26.9 Å². The van der Waals surface area contributed by atoms with E-state index in [9.17, 15) is 4.39 Å². The third kappa shape index (κ3) is 3.01. The first-order chi connectivity index (χ1) is 8.76. The van der Waals surface area contributed by atoms with Crippen LogP contribution in [0.25, 0.3) is 11.4 Å². The van der Waals surface area contributed by atoms with Crippen LogP contribution in [-0.4, -0.2) is 26.7 Å². The fourth-order valence-corrected chi connectivity index (χ4v) is 2.49. The molecule has 0 unspecified atom stereocenters. The average Bonchev–Trinajstić information content (AvgIpc) is 2.40. The van der Waals surface area contributed by atoms with Gasteiger partial charge in [0.1, 0.15) is 5.82 Å². The van der Waals surface area contributed by atoms with Gasteiger partial charge < -0.3 is 4.72 Å². The zero-order valence-electron chi connectivity index (χ0n) is 9.09. The number of thioether (sulfide) groups is 1. The molecule has 2 aromatic rings. The Morgan fingerprint density at radius 2 is 1.94 bits per heavy atom. The zero-order valence-corrected chi connectivity index (χ0v) is 12.9. The fraction of sp³-hybridized carbons (Fsp3) is 0.111. The fourth-order valence-electron chi connectivity index (χ4n) is 1.28. The van der Waals surface area contributed by atoms with Gasteiger partial charge in [0, 0.05) is 30.3 Å². The molecule has 9 heteroatoms. The van der Waals surface area contributed by atoms with Crippen molar-refractivity contribution in [3.63, 3.8) is 0 Å². The Labute approximate surface area is 123 Å². The van der Waals surface area contributed by atoms with Gasteiger partial charge in [-0.1, -0.05) is 17.8 Å². The third-order valence-electron chi connectivity index (χ3n) is 2.03. The number of hydrogen-bond donors (Lipinski definition) is 1. The molecule has 0 aliphatic heterocycles. The van der Waals surface area contributed by atoms with E-state index in [-0.39, 0.29) is 11.4 Å². The second-order valence-electron chi connectivity index (χ2n) is 3.05. The molecule has 5 nitrogen and oxygen atoms in total. The van der Waals surface area contributed by atoms with Gasteiger partial charge in [-0.05, 0) is 18.4 Å². The highest BCUT2D eigenvalue weighted by Crippen LogP contribution is 2.30. The molecule has 94 valence electrons. The second-order valence-corrected chi connectivity index (χ2v) is 5.50. The molecular formula is C9H7FIN5S2. The van der Waals surface area contributed by atoms with Crippen LogP contribution in [0, 0.1) is 5.82 Å². The van der Waals surface area contributed by atoms with Crippen LogP contribution >= 0.6 is 42.1 Å². The van der Waals surface area contributed by atoms with Gasteiger partial charge in [-0.25, -0.2) is 4.39 Å². The van der Waals surface area contributed by atoms with Gasteiger partial charge in [0.2, 0.25) is 11.0 Å². The van der Waals surface area contributed by atoms with Crippen molar-refractivity contribution in [3.8, 4) is 11.4 Å². The maximum Gasteiger partial charge on any atom is 0.229 e. The lowest BCUT2D eigenvalue weighted by Crippen LogP contribution is -2.01. The standard InChI is InChI=1S/C9H7FIN5S2/c1-17-9-14-12-8(13-15-9)7-5(10)3-2-4-6(7)16-18-11/h2-4,16H,1H3. The molecule has 0 bridgehead atoms. The van der Waals surface area contributed by atoms with Crippen LogP contribution in [-0.2, 0) is 0 Å². The molecular weight excluding hydrogens is 388 g/mol. The van der Waals surface area contributed by atoms with Crippen LogP contribution in [0.15, 0.2) is 23.4 Å². The Hall–Kier alpha value is -0.680. The number of aromatic nitrogens is 4. The van der Waals surface area contributed by atoms with Crippen LogP contribution in [0.3, 0.4) is 0 Å². The van der Waals surface area contributed by atoms with Crippen molar-refractivity contribution in [2.75, 3.05) is 11.0 Å². The molecule has 0 fully saturated rings. The highest BCUT2D eigenvalue weighted by atomic mass is 127. The van der Waals surface area contributed by atoms with Crippen molar-refractivity contribution in [3.05, 3.63) is 24.0 Å². The van der Waals surface area contributed by atoms with Crippen molar-refractivity contribution >= 4 is 47.8 Å². The van der Waals surface area contributed by atoms with E-state index >= 15 is 0 Å². The first kappa shape index (κ1) is 13.7. The minimum atomic E-state index is -0.411. The van der Waals surface area contributed by atoms with Gasteiger partial charge in [-0.2, -0.15) is 0 Å². The topological polar surface area (TPSA) is 63.6 Å². The molecule has 0 spiro atoms. The predicted molar refractivity (Wildman–Crippen MR) is 80.0 cm³/mol. The minimum absolute atomic E-state index is 0.166. The van der Waals surface area contributed by atoms with Gasteiger partial charge in [-0.15, -0.1) is 20.4 Å². The molecule has 0 saturated heterocycles. The van der Waals surface area contributed by atoms with Crippen molar-refractivity contribution in [2.45, 2.75) is 5.16 Å². The minimum Gasteiger partial charge on any atom is -0.320 e. The van der Waals surface area contributed by atoms with E-state index in [1.54, 1.807) is 12.1 Å². The Morgan fingerprint density at radius 3 is 2.56 bits per heavy atom. The van der Waals surface area contributed by atoms with Gasteiger partial charge >= 0.3 is 0 Å². The molecule has 0 amide bonds. The summed E-state index contributed by atoms with van der Waals surface area (Å²) in [4.78, 5) is 0. The maximum atomic E-state index is 13.8. The number of nitrogens with zero attached hydrogens (tertiary/aromatic N) is 4. The Balaban J connectivity index is 2.47. The van der Waals surface area contributed by atoms with Crippen LogP contribution < -0.4 is 4.72 Å². The van der Waals surface area contributed by atoms with E-state index in [0.29, 0.717) is 10.8 Å². The molecule has 0 atom stereocenters. The van der Waals surface area contributed by atoms with Crippen LogP contribution in [0.2, 0.25) is 0 Å². The van der Waals surface area contributed by atoms with Crippen LogP contribution in [0.5, 0.6) is 0 Å². The van der Waals surface area contributed by atoms with Crippen molar-refractivity contribution in [1.29, 1.82) is 0 Å². The number of anilines is 1. The SMILES string of the molecule is CSc1nnc(-c2c(F)cccc2NSI)nn1. The normalized spacial score (nSPS) is 10.4. The van der Waals surface area contributed by atoms with Crippen molar-refractivity contribution in [2.24, 2.45) is 0 Å². The van der Waals surface area contributed by atoms with Gasteiger partial charge in [0.05, 0.1) is 11.3 Å². The molecule has 2 rings (SSSR count). The largest absolute Gasteiger partial charge is 0.320 e. The molecule has 18 heavy (non-hydrogen) atoms. The van der Waals surface area contributed by atoms with E-state index in [0.717, 1.165) is 0 Å². The third-order valence-corrected chi connectivity index (χ3v) is 3.51.